The first-order valence-electron chi connectivity index (χ1n) is 7.76. The molecule has 122 valence electrons. The Morgan fingerprint density at radius 2 is 1.88 bits per heavy atom. The monoisotopic (exact) mass is 338 g/mol. The molecule has 0 atom stereocenters. The van der Waals surface area contributed by atoms with Crippen molar-refractivity contribution in [3.05, 3.63) is 71.1 Å². The molecule has 0 radical (unpaired) electrons. The second kappa shape index (κ2) is 6.84. The number of amides is 2. The molecule has 0 fully saturated rings. The number of anilines is 1. The number of likely N-dealkylation sites (N-methyl/N-ethyl adjacent to an activating group) is 1. The second-order valence-electron chi connectivity index (χ2n) is 5.29. The van der Waals surface area contributed by atoms with E-state index >= 15 is 0 Å². The number of imide groups is 1. The first kappa shape index (κ1) is 16.2. The zero-order chi connectivity index (χ0) is 17.1. The zero-order valence-corrected chi connectivity index (χ0v) is 14.3. The van der Waals surface area contributed by atoms with E-state index in [1.807, 2.05) is 59.7 Å². The Hall–Kier alpha value is -2.66. The largest absolute Gasteiger partial charge is 0.337 e. The van der Waals surface area contributed by atoms with Crippen LogP contribution >= 0.6 is 11.3 Å². The van der Waals surface area contributed by atoms with Crippen LogP contribution in [0.2, 0.25) is 0 Å². The molecule has 1 aromatic heterocycles. The van der Waals surface area contributed by atoms with Crippen molar-refractivity contribution in [2.45, 2.75) is 6.92 Å². The minimum absolute atomic E-state index is 0.211. The first-order valence-corrected chi connectivity index (χ1v) is 8.64. The summed E-state index contributed by atoms with van der Waals surface area (Å²) in [5.41, 5.74) is 1.81. The van der Waals surface area contributed by atoms with Gasteiger partial charge in [-0.2, -0.15) is 0 Å². The van der Waals surface area contributed by atoms with Gasteiger partial charge in [0.05, 0.1) is 5.57 Å². The number of benzene rings is 1. The van der Waals surface area contributed by atoms with Crippen molar-refractivity contribution in [3.63, 3.8) is 0 Å². The SMILES string of the molecule is C=CCN1C(=O)C(c2cccs2)=C(N(CC)c2ccccc2)C1=O. The maximum atomic E-state index is 12.9. The van der Waals surface area contributed by atoms with E-state index in [9.17, 15) is 9.59 Å². The number of thiophene rings is 1. The van der Waals surface area contributed by atoms with Crippen molar-refractivity contribution in [2.24, 2.45) is 0 Å². The Bertz CT molecular complexity index is 794. The zero-order valence-electron chi connectivity index (χ0n) is 13.4. The van der Waals surface area contributed by atoms with Crippen LogP contribution in [0.3, 0.4) is 0 Å². The third kappa shape index (κ3) is 2.67. The van der Waals surface area contributed by atoms with Crippen LogP contribution in [-0.4, -0.2) is 29.8 Å². The summed E-state index contributed by atoms with van der Waals surface area (Å²) in [5, 5.41) is 1.91. The Morgan fingerprint density at radius 3 is 2.46 bits per heavy atom. The molecule has 4 nitrogen and oxygen atoms in total. The fraction of sp³-hybridized carbons (Fsp3) is 0.158. The molecular weight excluding hydrogens is 320 g/mol. The predicted molar refractivity (Wildman–Crippen MR) is 97.6 cm³/mol. The van der Waals surface area contributed by atoms with Gasteiger partial charge in [0, 0.05) is 23.7 Å². The molecule has 24 heavy (non-hydrogen) atoms. The summed E-state index contributed by atoms with van der Waals surface area (Å²) in [4.78, 5) is 29.8. The minimum atomic E-state index is -0.269. The maximum absolute atomic E-state index is 12.9. The van der Waals surface area contributed by atoms with Gasteiger partial charge in [-0.1, -0.05) is 30.3 Å². The van der Waals surface area contributed by atoms with E-state index < -0.39 is 0 Å². The fourth-order valence-corrected chi connectivity index (χ4v) is 3.59. The summed E-state index contributed by atoms with van der Waals surface area (Å²) in [5.74, 6) is -0.527. The highest BCUT2D eigenvalue weighted by molar-refractivity contribution is 7.11. The lowest BCUT2D eigenvalue weighted by Crippen LogP contribution is -2.35. The number of carbonyl (C=O) groups is 2. The molecular formula is C19H18N2O2S. The van der Waals surface area contributed by atoms with Crippen LogP contribution in [0.15, 0.2) is 66.2 Å². The fourth-order valence-electron chi connectivity index (χ4n) is 2.83. The van der Waals surface area contributed by atoms with Gasteiger partial charge in [-0.15, -0.1) is 17.9 Å². The van der Waals surface area contributed by atoms with Crippen LogP contribution in [-0.2, 0) is 9.59 Å². The van der Waals surface area contributed by atoms with E-state index in [-0.39, 0.29) is 18.4 Å². The smallest absolute Gasteiger partial charge is 0.278 e. The predicted octanol–water partition coefficient (Wildman–Crippen LogP) is 3.54. The standard InChI is InChI=1S/C19H18N2O2S/c1-3-12-21-18(22)16(15-11-8-13-24-15)17(19(21)23)20(4-2)14-9-6-5-7-10-14/h3,5-11,13H,1,4,12H2,2H3. The number of nitrogens with zero attached hydrogens (tertiary/aromatic N) is 2. The number of para-hydroxylation sites is 1. The minimum Gasteiger partial charge on any atom is -0.337 e. The average molecular weight is 338 g/mol. The summed E-state index contributed by atoms with van der Waals surface area (Å²) in [6, 6.07) is 13.4. The third-order valence-electron chi connectivity index (χ3n) is 3.88. The Kier molecular flexibility index (Phi) is 4.62. The molecule has 0 saturated heterocycles. The van der Waals surface area contributed by atoms with Gasteiger partial charge in [0.1, 0.15) is 5.70 Å². The lowest BCUT2D eigenvalue weighted by Gasteiger charge is -2.24. The van der Waals surface area contributed by atoms with Crippen molar-refractivity contribution in [2.75, 3.05) is 18.0 Å². The van der Waals surface area contributed by atoms with Crippen LogP contribution < -0.4 is 4.90 Å². The molecule has 0 N–H and O–H groups in total. The van der Waals surface area contributed by atoms with Crippen LogP contribution in [0.1, 0.15) is 11.8 Å². The van der Waals surface area contributed by atoms with Crippen molar-refractivity contribution in [1.29, 1.82) is 0 Å². The van der Waals surface area contributed by atoms with E-state index in [2.05, 4.69) is 6.58 Å². The van der Waals surface area contributed by atoms with Crippen LogP contribution in [0.4, 0.5) is 5.69 Å². The molecule has 5 heteroatoms. The molecule has 2 heterocycles. The highest BCUT2D eigenvalue weighted by Crippen LogP contribution is 2.35. The van der Waals surface area contributed by atoms with Gasteiger partial charge in [-0.25, -0.2) is 0 Å². The molecule has 0 saturated carbocycles. The molecule has 1 aliphatic rings. The Labute approximate surface area is 145 Å². The third-order valence-corrected chi connectivity index (χ3v) is 4.76. The summed E-state index contributed by atoms with van der Waals surface area (Å²) >= 11 is 1.46. The molecule has 3 rings (SSSR count). The average Bonchev–Trinajstić information content (AvgIpc) is 3.20. The summed E-state index contributed by atoms with van der Waals surface area (Å²) < 4.78 is 0. The molecule has 2 amide bonds. The molecule has 1 aromatic carbocycles. The molecule has 0 aliphatic carbocycles. The van der Waals surface area contributed by atoms with E-state index in [4.69, 9.17) is 0 Å². The van der Waals surface area contributed by atoms with Crippen molar-refractivity contribution < 1.29 is 9.59 Å². The molecule has 1 aliphatic heterocycles. The summed E-state index contributed by atoms with van der Waals surface area (Å²) in [6.07, 6.45) is 1.57. The van der Waals surface area contributed by atoms with Crippen LogP contribution in [0.25, 0.3) is 5.57 Å². The Balaban J connectivity index is 2.16. The van der Waals surface area contributed by atoms with Gasteiger partial charge >= 0.3 is 0 Å². The lowest BCUT2D eigenvalue weighted by molar-refractivity contribution is -0.136. The maximum Gasteiger partial charge on any atom is 0.278 e. The highest BCUT2D eigenvalue weighted by atomic mass is 32.1. The first-order chi connectivity index (χ1) is 11.7. The summed E-state index contributed by atoms with van der Waals surface area (Å²) in [6.45, 7) is 6.43. The van der Waals surface area contributed by atoms with E-state index in [1.54, 1.807) is 6.08 Å². The van der Waals surface area contributed by atoms with Crippen LogP contribution in [0.5, 0.6) is 0 Å². The molecule has 2 aromatic rings. The number of hydrogen-bond donors (Lipinski definition) is 0. The van der Waals surface area contributed by atoms with Gasteiger partial charge in [-0.05, 0) is 30.5 Å². The van der Waals surface area contributed by atoms with E-state index in [1.165, 1.54) is 16.2 Å². The second-order valence-corrected chi connectivity index (χ2v) is 6.24. The van der Waals surface area contributed by atoms with Crippen molar-refractivity contribution in [3.8, 4) is 0 Å². The molecule has 0 bridgehead atoms. The van der Waals surface area contributed by atoms with Crippen LogP contribution in [0, 0.1) is 0 Å². The molecule has 0 spiro atoms. The van der Waals surface area contributed by atoms with Gasteiger partial charge < -0.3 is 4.90 Å². The van der Waals surface area contributed by atoms with Crippen molar-refractivity contribution >= 4 is 34.4 Å². The summed E-state index contributed by atoms with van der Waals surface area (Å²) in [7, 11) is 0. The number of carbonyl (C=O) groups excluding carboxylic acids is 2. The van der Waals surface area contributed by atoms with E-state index in [0.29, 0.717) is 17.8 Å². The molecule has 0 unspecified atom stereocenters. The van der Waals surface area contributed by atoms with Gasteiger partial charge in [0.15, 0.2) is 0 Å². The number of hydrogen-bond acceptors (Lipinski definition) is 4. The van der Waals surface area contributed by atoms with Gasteiger partial charge in [0.2, 0.25) is 0 Å². The normalized spacial score (nSPS) is 14.5. The van der Waals surface area contributed by atoms with E-state index in [0.717, 1.165) is 10.6 Å². The Morgan fingerprint density at radius 1 is 1.12 bits per heavy atom. The van der Waals surface area contributed by atoms with Gasteiger partial charge in [-0.3, -0.25) is 14.5 Å². The van der Waals surface area contributed by atoms with Gasteiger partial charge in [0.25, 0.3) is 11.8 Å². The highest BCUT2D eigenvalue weighted by Gasteiger charge is 2.41. The topological polar surface area (TPSA) is 40.6 Å². The van der Waals surface area contributed by atoms with Crippen molar-refractivity contribution in [1.82, 2.24) is 4.90 Å². The number of rotatable bonds is 6. The quantitative estimate of drug-likeness (QED) is 0.597. The lowest BCUT2D eigenvalue weighted by atomic mass is 10.1.